The van der Waals surface area contributed by atoms with Crippen LogP contribution in [0.5, 0.6) is 0 Å². The van der Waals surface area contributed by atoms with Crippen molar-refractivity contribution in [1.82, 2.24) is 5.43 Å². The monoisotopic (exact) mass is 244 g/mol. The van der Waals surface area contributed by atoms with E-state index in [9.17, 15) is 8.78 Å². The molecule has 2 atom stereocenters. The van der Waals surface area contributed by atoms with Gasteiger partial charge in [-0.05, 0) is 18.1 Å². The van der Waals surface area contributed by atoms with Gasteiger partial charge in [0.1, 0.15) is 11.6 Å². The molecule has 0 saturated heterocycles. The Morgan fingerprint density at radius 1 is 1.24 bits per heavy atom. The zero-order valence-electron chi connectivity index (χ0n) is 10.2. The van der Waals surface area contributed by atoms with Crippen LogP contribution in [0.4, 0.5) is 8.78 Å². The van der Waals surface area contributed by atoms with Crippen LogP contribution in [0.15, 0.2) is 18.2 Å². The summed E-state index contributed by atoms with van der Waals surface area (Å²) >= 11 is 0. The molecule has 0 saturated carbocycles. The molecule has 3 nitrogen and oxygen atoms in total. The van der Waals surface area contributed by atoms with Crippen molar-refractivity contribution in [2.45, 2.75) is 26.0 Å². The van der Waals surface area contributed by atoms with E-state index in [0.29, 0.717) is 0 Å². The molecule has 0 amide bonds. The molecule has 0 aliphatic carbocycles. The summed E-state index contributed by atoms with van der Waals surface area (Å²) in [5.74, 6) is 4.20. The van der Waals surface area contributed by atoms with Crippen LogP contribution in [0.2, 0.25) is 0 Å². The summed E-state index contributed by atoms with van der Waals surface area (Å²) in [4.78, 5) is 0. The number of rotatable bonds is 5. The van der Waals surface area contributed by atoms with E-state index < -0.39 is 23.8 Å². The number of methoxy groups -OCH3 is 1. The second kappa shape index (κ2) is 6.05. The molecule has 3 N–H and O–H groups in total. The molecule has 0 spiro atoms. The van der Waals surface area contributed by atoms with Crippen LogP contribution in [-0.2, 0) is 4.74 Å². The SMILES string of the molecule is COC(C(C)C)C(NN)c1c(F)cccc1F. The molecule has 1 rings (SSSR count). The first-order chi connectivity index (χ1) is 8.02. The van der Waals surface area contributed by atoms with Crippen LogP contribution >= 0.6 is 0 Å². The highest BCUT2D eigenvalue weighted by Crippen LogP contribution is 2.27. The third-order valence-electron chi connectivity index (χ3n) is 2.75. The van der Waals surface area contributed by atoms with Crippen LogP contribution in [0, 0.1) is 17.6 Å². The smallest absolute Gasteiger partial charge is 0.131 e. The second-order valence-corrected chi connectivity index (χ2v) is 4.22. The van der Waals surface area contributed by atoms with Gasteiger partial charge in [-0.1, -0.05) is 19.9 Å². The van der Waals surface area contributed by atoms with Gasteiger partial charge in [0.05, 0.1) is 12.1 Å². The Balaban J connectivity index is 3.17. The maximum atomic E-state index is 13.7. The van der Waals surface area contributed by atoms with Crippen molar-refractivity contribution >= 4 is 0 Å². The Morgan fingerprint density at radius 3 is 2.12 bits per heavy atom. The largest absolute Gasteiger partial charge is 0.379 e. The fraction of sp³-hybridized carbons (Fsp3) is 0.500. The van der Waals surface area contributed by atoms with Gasteiger partial charge in [0.2, 0.25) is 0 Å². The van der Waals surface area contributed by atoms with E-state index in [1.807, 2.05) is 13.8 Å². The Hall–Kier alpha value is -1.04. The Bertz CT molecular complexity index is 351. The van der Waals surface area contributed by atoms with Crippen molar-refractivity contribution < 1.29 is 13.5 Å². The van der Waals surface area contributed by atoms with Gasteiger partial charge < -0.3 is 4.74 Å². The fourth-order valence-corrected chi connectivity index (χ4v) is 1.94. The summed E-state index contributed by atoms with van der Waals surface area (Å²) in [6.45, 7) is 3.80. The van der Waals surface area contributed by atoms with Crippen LogP contribution in [0.3, 0.4) is 0 Å². The average molecular weight is 244 g/mol. The highest BCUT2D eigenvalue weighted by molar-refractivity contribution is 5.24. The summed E-state index contributed by atoms with van der Waals surface area (Å²) in [7, 11) is 1.49. The minimum absolute atomic E-state index is 0.0695. The van der Waals surface area contributed by atoms with E-state index in [0.717, 1.165) is 0 Å². The minimum Gasteiger partial charge on any atom is -0.379 e. The summed E-state index contributed by atoms with van der Waals surface area (Å²) in [6.07, 6.45) is -0.411. The van der Waals surface area contributed by atoms with E-state index >= 15 is 0 Å². The van der Waals surface area contributed by atoms with E-state index in [-0.39, 0.29) is 11.5 Å². The molecule has 0 radical (unpaired) electrons. The lowest BCUT2D eigenvalue weighted by Crippen LogP contribution is -2.41. The van der Waals surface area contributed by atoms with Crippen LogP contribution in [-0.4, -0.2) is 13.2 Å². The van der Waals surface area contributed by atoms with Gasteiger partial charge in [-0.3, -0.25) is 11.3 Å². The van der Waals surface area contributed by atoms with Crippen LogP contribution in [0.25, 0.3) is 0 Å². The van der Waals surface area contributed by atoms with Crippen LogP contribution < -0.4 is 11.3 Å². The molecular weight excluding hydrogens is 226 g/mol. The number of halogens is 2. The first-order valence-electron chi connectivity index (χ1n) is 5.45. The molecule has 17 heavy (non-hydrogen) atoms. The number of nitrogens with two attached hydrogens (primary N) is 1. The number of benzene rings is 1. The number of hydrogen-bond acceptors (Lipinski definition) is 3. The second-order valence-electron chi connectivity index (χ2n) is 4.22. The maximum Gasteiger partial charge on any atom is 0.131 e. The highest BCUT2D eigenvalue weighted by Gasteiger charge is 2.29. The highest BCUT2D eigenvalue weighted by atomic mass is 19.1. The van der Waals surface area contributed by atoms with Gasteiger partial charge in [0.25, 0.3) is 0 Å². The van der Waals surface area contributed by atoms with E-state index in [1.165, 1.54) is 25.3 Å². The van der Waals surface area contributed by atoms with Gasteiger partial charge >= 0.3 is 0 Å². The van der Waals surface area contributed by atoms with Crippen molar-refractivity contribution in [3.63, 3.8) is 0 Å². The zero-order chi connectivity index (χ0) is 13.0. The summed E-state index contributed by atoms with van der Waals surface area (Å²) < 4.78 is 32.6. The first-order valence-corrected chi connectivity index (χ1v) is 5.45. The molecular formula is C12H18F2N2O. The Labute approximate surface area is 99.9 Å². The van der Waals surface area contributed by atoms with E-state index in [4.69, 9.17) is 10.6 Å². The van der Waals surface area contributed by atoms with Crippen molar-refractivity contribution in [2.75, 3.05) is 7.11 Å². The molecule has 0 heterocycles. The number of hydrogen-bond donors (Lipinski definition) is 2. The third kappa shape index (κ3) is 3.00. The molecule has 0 fully saturated rings. The summed E-state index contributed by atoms with van der Waals surface area (Å²) in [5, 5.41) is 0. The first kappa shape index (κ1) is 14.0. The van der Waals surface area contributed by atoms with Crippen molar-refractivity contribution in [3.8, 4) is 0 Å². The lowest BCUT2D eigenvalue weighted by Gasteiger charge is -2.29. The number of hydrazine groups is 1. The predicted octanol–water partition coefficient (Wildman–Crippen LogP) is 2.14. The molecule has 2 unspecified atom stereocenters. The summed E-state index contributed by atoms with van der Waals surface area (Å²) in [5.41, 5.74) is 2.34. The Morgan fingerprint density at radius 2 is 1.76 bits per heavy atom. The predicted molar refractivity (Wildman–Crippen MR) is 62.1 cm³/mol. The zero-order valence-corrected chi connectivity index (χ0v) is 10.2. The average Bonchev–Trinajstić information content (AvgIpc) is 2.27. The lowest BCUT2D eigenvalue weighted by atomic mass is 9.93. The fourth-order valence-electron chi connectivity index (χ4n) is 1.94. The molecule has 0 aromatic heterocycles. The molecule has 5 heteroatoms. The van der Waals surface area contributed by atoms with Crippen molar-refractivity contribution in [3.05, 3.63) is 35.4 Å². The van der Waals surface area contributed by atoms with Gasteiger partial charge in [-0.15, -0.1) is 0 Å². The van der Waals surface area contributed by atoms with Crippen molar-refractivity contribution in [1.29, 1.82) is 0 Å². The van der Waals surface area contributed by atoms with Gasteiger partial charge in [0.15, 0.2) is 0 Å². The standard InChI is InChI=1S/C12H18F2N2O/c1-7(2)12(17-3)11(16-15)10-8(13)5-4-6-9(10)14/h4-7,11-12,16H,15H2,1-3H3. The third-order valence-corrected chi connectivity index (χ3v) is 2.75. The quantitative estimate of drug-likeness (QED) is 0.616. The van der Waals surface area contributed by atoms with Crippen molar-refractivity contribution in [2.24, 2.45) is 11.8 Å². The summed E-state index contributed by atoms with van der Waals surface area (Å²) in [6, 6.07) is 3.01. The molecule has 1 aromatic carbocycles. The topological polar surface area (TPSA) is 47.3 Å². The molecule has 0 aliphatic heterocycles. The maximum absolute atomic E-state index is 13.7. The molecule has 0 aliphatic rings. The number of ether oxygens (including phenoxy) is 1. The van der Waals surface area contributed by atoms with E-state index in [2.05, 4.69) is 5.43 Å². The normalized spacial score (nSPS) is 15.0. The van der Waals surface area contributed by atoms with Gasteiger partial charge in [-0.25, -0.2) is 8.78 Å². The lowest BCUT2D eigenvalue weighted by molar-refractivity contribution is 0.0305. The van der Waals surface area contributed by atoms with E-state index in [1.54, 1.807) is 0 Å². The molecule has 1 aromatic rings. The molecule has 96 valence electrons. The number of nitrogens with one attached hydrogen (secondary N) is 1. The van der Waals surface area contributed by atoms with Crippen LogP contribution in [0.1, 0.15) is 25.5 Å². The molecule has 0 bridgehead atoms. The minimum atomic E-state index is -0.721. The Kier molecular flexibility index (Phi) is 4.99. The van der Waals surface area contributed by atoms with Gasteiger partial charge in [0, 0.05) is 12.7 Å². The van der Waals surface area contributed by atoms with Gasteiger partial charge in [-0.2, -0.15) is 0 Å².